The van der Waals surface area contributed by atoms with Gasteiger partial charge in [0.2, 0.25) is 0 Å². The van der Waals surface area contributed by atoms with E-state index < -0.39 is 0 Å². The maximum absolute atomic E-state index is 8.58. The number of imidazole rings is 1. The lowest BCUT2D eigenvalue weighted by Crippen LogP contribution is -2.05. The van der Waals surface area contributed by atoms with Crippen molar-refractivity contribution in [3.63, 3.8) is 0 Å². The van der Waals surface area contributed by atoms with E-state index in [4.69, 9.17) is 21.6 Å². The first-order valence-corrected chi connectivity index (χ1v) is 6.00. The highest BCUT2D eigenvalue weighted by Gasteiger charge is 2.11. The number of halogens is 1. The molecule has 0 aliphatic heterocycles. The van der Waals surface area contributed by atoms with Gasteiger partial charge in [-0.15, -0.1) is 0 Å². The number of nitriles is 1. The van der Waals surface area contributed by atoms with Crippen LogP contribution in [0.15, 0.2) is 12.3 Å². The van der Waals surface area contributed by atoms with Crippen molar-refractivity contribution in [2.45, 2.75) is 26.0 Å². The fourth-order valence-corrected chi connectivity index (χ4v) is 1.98. The summed E-state index contributed by atoms with van der Waals surface area (Å²) in [5.74, 6) is 0.806. The Labute approximate surface area is 110 Å². The Balaban J connectivity index is 2.39. The van der Waals surface area contributed by atoms with Gasteiger partial charge >= 0.3 is 0 Å². The topological polar surface area (TPSA) is 63.7 Å². The molecule has 2 heterocycles. The van der Waals surface area contributed by atoms with E-state index in [-0.39, 0.29) is 0 Å². The van der Waals surface area contributed by atoms with Crippen molar-refractivity contribution in [2.75, 3.05) is 7.11 Å². The van der Waals surface area contributed by atoms with Gasteiger partial charge < -0.3 is 9.30 Å². The van der Waals surface area contributed by atoms with E-state index in [0.717, 1.165) is 23.4 Å². The molecule has 2 rings (SSSR count). The van der Waals surface area contributed by atoms with E-state index in [1.165, 1.54) is 0 Å². The molecule has 5 nitrogen and oxygen atoms in total. The van der Waals surface area contributed by atoms with Crippen LogP contribution in [0.2, 0.25) is 5.02 Å². The number of aryl methyl sites for hydroxylation is 1. The molecule has 0 saturated heterocycles. The van der Waals surface area contributed by atoms with Crippen molar-refractivity contribution in [1.82, 2.24) is 14.5 Å². The van der Waals surface area contributed by atoms with Crippen molar-refractivity contribution in [2.24, 2.45) is 0 Å². The van der Waals surface area contributed by atoms with Crippen LogP contribution in [-0.4, -0.2) is 21.6 Å². The standard InChI is InChI=1S/C12H13ClN4O/c1-18-8-11-16-10-6-9(13)7-15-12(10)17(11)5-3-2-4-14/h6-7H,2-3,5,8H2,1H3. The van der Waals surface area contributed by atoms with Crippen molar-refractivity contribution >= 4 is 22.8 Å². The molecule has 2 aromatic rings. The fourth-order valence-electron chi connectivity index (χ4n) is 1.82. The molecule has 0 spiro atoms. The SMILES string of the molecule is COCc1nc2cc(Cl)cnc2n1CCCC#N. The van der Waals surface area contributed by atoms with Crippen LogP contribution >= 0.6 is 11.6 Å². The van der Waals surface area contributed by atoms with Gasteiger partial charge in [0.25, 0.3) is 0 Å². The number of hydrogen-bond acceptors (Lipinski definition) is 4. The smallest absolute Gasteiger partial charge is 0.160 e. The number of methoxy groups -OCH3 is 1. The second kappa shape index (κ2) is 5.80. The molecule has 0 aliphatic carbocycles. The van der Waals surface area contributed by atoms with Crippen LogP contribution in [0.3, 0.4) is 0 Å². The van der Waals surface area contributed by atoms with Gasteiger partial charge in [-0.2, -0.15) is 5.26 Å². The molecular weight excluding hydrogens is 252 g/mol. The Hall–Kier alpha value is -1.64. The van der Waals surface area contributed by atoms with Gasteiger partial charge in [-0.3, -0.25) is 0 Å². The van der Waals surface area contributed by atoms with Crippen LogP contribution in [-0.2, 0) is 17.9 Å². The lowest BCUT2D eigenvalue weighted by Gasteiger charge is -2.06. The molecule has 0 aromatic carbocycles. The van der Waals surface area contributed by atoms with Crippen LogP contribution in [0.4, 0.5) is 0 Å². The average Bonchev–Trinajstić information content (AvgIpc) is 2.67. The lowest BCUT2D eigenvalue weighted by molar-refractivity contribution is 0.174. The summed E-state index contributed by atoms with van der Waals surface area (Å²) in [6, 6.07) is 3.91. The second-order valence-electron chi connectivity index (χ2n) is 3.87. The predicted octanol–water partition coefficient (Wildman–Crippen LogP) is 2.53. The summed E-state index contributed by atoms with van der Waals surface area (Å²) in [5, 5.41) is 9.15. The Morgan fingerprint density at radius 2 is 2.39 bits per heavy atom. The first-order valence-electron chi connectivity index (χ1n) is 5.63. The minimum Gasteiger partial charge on any atom is -0.377 e. The largest absolute Gasteiger partial charge is 0.377 e. The molecule has 0 fully saturated rings. The molecule has 0 saturated carbocycles. The number of aromatic nitrogens is 3. The van der Waals surface area contributed by atoms with Gasteiger partial charge in [0.05, 0.1) is 11.1 Å². The van der Waals surface area contributed by atoms with E-state index in [1.807, 2.05) is 4.57 Å². The third-order valence-electron chi connectivity index (χ3n) is 2.57. The number of pyridine rings is 1. The highest BCUT2D eigenvalue weighted by atomic mass is 35.5. The number of fused-ring (bicyclic) bond motifs is 1. The summed E-state index contributed by atoms with van der Waals surface area (Å²) in [4.78, 5) is 8.74. The third kappa shape index (κ3) is 2.61. The molecule has 0 N–H and O–H groups in total. The quantitative estimate of drug-likeness (QED) is 0.779. The maximum atomic E-state index is 8.58. The Bertz CT molecular complexity index is 588. The Morgan fingerprint density at radius 3 is 3.11 bits per heavy atom. The zero-order valence-corrected chi connectivity index (χ0v) is 10.8. The van der Waals surface area contributed by atoms with Gasteiger partial charge in [-0.25, -0.2) is 9.97 Å². The average molecular weight is 265 g/mol. The number of rotatable bonds is 5. The molecule has 0 atom stereocenters. The summed E-state index contributed by atoms with van der Waals surface area (Å²) in [5.41, 5.74) is 1.54. The van der Waals surface area contributed by atoms with Crippen molar-refractivity contribution < 1.29 is 4.74 Å². The van der Waals surface area contributed by atoms with Crippen molar-refractivity contribution in [3.8, 4) is 6.07 Å². The molecule has 0 amide bonds. The van der Waals surface area contributed by atoms with Crippen LogP contribution in [0, 0.1) is 11.3 Å². The summed E-state index contributed by atoms with van der Waals surface area (Å²) < 4.78 is 7.10. The normalized spacial score (nSPS) is 10.7. The van der Waals surface area contributed by atoms with E-state index in [0.29, 0.717) is 24.6 Å². The maximum Gasteiger partial charge on any atom is 0.160 e. The number of hydrogen-bond donors (Lipinski definition) is 0. The Kier molecular flexibility index (Phi) is 4.13. The van der Waals surface area contributed by atoms with E-state index in [1.54, 1.807) is 19.4 Å². The van der Waals surface area contributed by atoms with Gasteiger partial charge in [0, 0.05) is 26.3 Å². The first kappa shape index (κ1) is 12.8. The molecule has 0 bridgehead atoms. The van der Waals surface area contributed by atoms with E-state index >= 15 is 0 Å². The minimum absolute atomic E-state index is 0.417. The van der Waals surface area contributed by atoms with E-state index in [9.17, 15) is 0 Å². The fraction of sp³-hybridized carbons (Fsp3) is 0.417. The summed E-state index contributed by atoms with van der Waals surface area (Å²) in [7, 11) is 1.62. The molecule has 6 heteroatoms. The van der Waals surface area contributed by atoms with E-state index in [2.05, 4.69) is 16.0 Å². The summed E-state index contributed by atoms with van der Waals surface area (Å²) in [6.45, 7) is 1.12. The van der Waals surface area contributed by atoms with Gasteiger partial charge in [-0.1, -0.05) is 11.6 Å². The highest BCUT2D eigenvalue weighted by Crippen LogP contribution is 2.19. The lowest BCUT2D eigenvalue weighted by atomic mass is 10.3. The van der Waals surface area contributed by atoms with Crippen molar-refractivity contribution in [1.29, 1.82) is 5.26 Å². The second-order valence-corrected chi connectivity index (χ2v) is 4.31. The van der Waals surface area contributed by atoms with Crippen LogP contribution in [0.1, 0.15) is 18.7 Å². The van der Waals surface area contributed by atoms with Crippen LogP contribution < -0.4 is 0 Å². The molecule has 0 radical (unpaired) electrons. The summed E-state index contributed by atoms with van der Waals surface area (Å²) in [6.07, 6.45) is 2.88. The molecule has 0 unspecified atom stereocenters. The molecule has 18 heavy (non-hydrogen) atoms. The molecule has 0 aliphatic rings. The molecular formula is C12H13ClN4O. The number of unbranched alkanes of at least 4 members (excludes halogenated alkanes) is 1. The number of nitrogens with zero attached hydrogens (tertiary/aromatic N) is 4. The first-order chi connectivity index (χ1) is 8.76. The highest BCUT2D eigenvalue weighted by molar-refractivity contribution is 6.31. The minimum atomic E-state index is 0.417. The van der Waals surface area contributed by atoms with Gasteiger partial charge in [0.15, 0.2) is 5.65 Å². The summed E-state index contributed by atoms with van der Waals surface area (Å²) >= 11 is 5.90. The zero-order valence-electron chi connectivity index (χ0n) is 10.1. The van der Waals surface area contributed by atoms with Crippen LogP contribution in [0.5, 0.6) is 0 Å². The van der Waals surface area contributed by atoms with Gasteiger partial charge in [0.1, 0.15) is 17.9 Å². The third-order valence-corrected chi connectivity index (χ3v) is 2.78. The van der Waals surface area contributed by atoms with Gasteiger partial charge in [-0.05, 0) is 12.5 Å². The monoisotopic (exact) mass is 264 g/mol. The number of ether oxygens (including phenoxy) is 1. The molecule has 94 valence electrons. The van der Waals surface area contributed by atoms with Crippen molar-refractivity contribution in [3.05, 3.63) is 23.1 Å². The Morgan fingerprint density at radius 1 is 1.56 bits per heavy atom. The molecule has 2 aromatic heterocycles. The zero-order chi connectivity index (χ0) is 13.0. The van der Waals surface area contributed by atoms with Crippen LogP contribution in [0.25, 0.3) is 11.2 Å². The predicted molar refractivity (Wildman–Crippen MR) is 68.1 cm³/mol.